The Hall–Kier alpha value is -3.90. The maximum absolute atomic E-state index is 13.5. The van der Waals surface area contributed by atoms with Crippen LogP contribution in [0.5, 0.6) is 0 Å². The van der Waals surface area contributed by atoms with Crippen LogP contribution in [-0.2, 0) is 16.1 Å². The van der Waals surface area contributed by atoms with Crippen LogP contribution in [0.2, 0.25) is 0 Å². The lowest BCUT2D eigenvalue weighted by Gasteiger charge is -2.17. The Morgan fingerprint density at radius 3 is 2.31 bits per heavy atom. The van der Waals surface area contributed by atoms with Crippen molar-refractivity contribution in [3.8, 4) is 0 Å². The molecule has 36 heavy (non-hydrogen) atoms. The highest BCUT2D eigenvalue weighted by atomic mass is 32.2. The highest BCUT2D eigenvalue weighted by Gasteiger charge is 2.39. The number of rotatable bonds is 6. The van der Waals surface area contributed by atoms with Crippen LogP contribution in [0.1, 0.15) is 23.1 Å². The second-order valence-electron chi connectivity index (χ2n) is 9.03. The number of hydrogen-bond donors (Lipinski definition) is 1. The molecule has 6 heteroatoms. The smallest absolute Gasteiger partial charge is 0.242 e. The molecule has 4 aromatic rings. The van der Waals surface area contributed by atoms with Gasteiger partial charge in [0.15, 0.2) is 5.17 Å². The van der Waals surface area contributed by atoms with Crippen LogP contribution >= 0.6 is 11.8 Å². The molecule has 0 bridgehead atoms. The number of amides is 2. The summed E-state index contributed by atoms with van der Waals surface area (Å²) in [6, 6.07) is 29.7. The van der Waals surface area contributed by atoms with Crippen molar-refractivity contribution in [2.24, 2.45) is 4.99 Å². The maximum Gasteiger partial charge on any atom is 0.242 e. The van der Waals surface area contributed by atoms with Gasteiger partial charge in [0.25, 0.3) is 0 Å². The summed E-state index contributed by atoms with van der Waals surface area (Å²) in [5.74, 6) is -0.288. The van der Waals surface area contributed by atoms with Crippen LogP contribution in [0.15, 0.2) is 96.0 Å². The molecule has 1 N–H and O–H groups in total. The fourth-order valence-electron chi connectivity index (χ4n) is 4.18. The number of carbonyl (C=O) groups is 2. The molecular formula is C30H27N3O2S. The summed E-state index contributed by atoms with van der Waals surface area (Å²) in [5, 5.41) is 5.12. The second kappa shape index (κ2) is 10.4. The van der Waals surface area contributed by atoms with Crippen molar-refractivity contribution in [1.82, 2.24) is 4.90 Å². The van der Waals surface area contributed by atoms with Gasteiger partial charge in [0, 0.05) is 17.5 Å². The number of hydrogen-bond acceptors (Lipinski definition) is 4. The van der Waals surface area contributed by atoms with E-state index < -0.39 is 5.25 Å². The third kappa shape index (κ3) is 5.34. The average molecular weight is 494 g/mol. The number of nitrogens with one attached hydrogen (secondary N) is 1. The van der Waals surface area contributed by atoms with Gasteiger partial charge in [0.1, 0.15) is 5.25 Å². The van der Waals surface area contributed by atoms with Crippen molar-refractivity contribution in [2.75, 3.05) is 5.32 Å². The first kappa shape index (κ1) is 23.8. The molecule has 1 aliphatic heterocycles. The van der Waals surface area contributed by atoms with Gasteiger partial charge >= 0.3 is 0 Å². The van der Waals surface area contributed by atoms with Crippen molar-refractivity contribution >= 4 is 50.9 Å². The van der Waals surface area contributed by atoms with Gasteiger partial charge in [-0.2, -0.15) is 0 Å². The van der Waals surface area contributed by atoms with Gasteiger partial charge in [-0.25, -0.2) is 4.99 Å². The minimum absolute atomic E-state index is 0.0734. The maximum atomic E-state index is 13.5. The van der Waals surface area contributed by atoms with Gasteiger partial charge < -0.3 is 5.32 Å². The van der Waals surface area contributed by atoms with Crippen molar-refractivity contribution in [3.05, 3.63) is 108 Å². The summed E-state index contributed by atoms with van der Waals surface area (Å²) in [4.78, 5) is 33.0. The summed E-state index contributed by atoms with van der Waals surface area (Å²) >= 11 is 1.36. The Morgan fingerprint density at radius 1 is 0.889 bits per heavy atom. The lowest BCUT2D eigenvalue weighted by Crippen LogP contribution is -2.33. The van der Waals surface area contributed by atoms with E-state index in [4.69, 9.17) is 4.99 Å². The van der Waals surface area contributed by atoms with E-state index in [0.29, 0.717) is 11.7 Å². The number of fused-ring (bicyclic) bond motifs is 1. The van der Waals surface area contributed by atoms with Gasteiger partial charge in [0.2, 0.25) is 11.8 Å². The van der Waals surface area contributed by atoms with E-state index in [0.717, 1.165) is 38.8 Å². The summed E-state index contributed by atoms with van der Waals surface area (Å²) in [5.41, 5.74) is 4.86. The molecule has 2 amide bonds. The van der Waals surface area contributed by atoms with Crippen molar-refractivity contribution in [1.29, 1.82) is 0 Å². The first-order chi connectivity index (χ1) is 17.5. The number of amidine groups is 1. The fourth-order valence-corrected chi connectivity index (χ4v) is 5.34. The summed E-state index contributed by atoms with van der Waals surface area (Å²) in [7, 11) is 0. The fraction of sp³-hybridized carbons (Fsp3) is 0.167. The first-order valence-electron chi connectivity index (χ1n) is 11.9. The van der Waals surface area contributed by atoms with Crippen molar-refractivity contribution in [3.63, 3.8) is 0 Å². The van der Waals surface area contributed by atoms with Crippen LogP contribution in [-0.4, -0.2) is 27.1 Å². The van der Waals surface area contributed by atoms with Crippen molar-refractivity contribution in [2.45, 2.75) is 32.1 Å². The number of anilines is 1. The van der Waals surface area contributed by atoms with E-state index in [9.17, 15) is 9.59 Å². The minimum atomic E-state index is -0.533. The Bertz CT molecular complexity index is 1440. The predicted octanol–water partition coefficient (Wildman–Crippen LogP) is 6.62. The zero-order valence-corrected chi connectivity index (χ0v) is 21.1. The molecule has 1 heterocycles. The molecule has 4 aromatic carbocycles. The van der Waals surface area contributed by atoms with Crippen LogP contribution in [0.4, 0.5) is 11.4 Å². The van der Waals surface area contributed by atoms with E-state index in [1.54, 1.807) is 4.90 Å². The molecule has 1 saturated heterocycles. The molecule has 0 aliphatic carbocycles. The summed E-state index contributed by atoms with van der Waals surface area (Å²) in [6.07, 6.45) is 0.0734. The third-order valence-electron chi connectivity index (χ3n) is 6.17. The van der Waals surface area contributed by atoms with E-state index in [-0.39, 0.29) is 18.2 Å². The van der Waals surface area contributed by atoms with Crippen LogP contribution < -0.4 is 5.32 Å². The third-order valence-corrected chi connectivity index (χ3v) is 7.35. The van der Waals surface area contributed by atoms with Gasteiger partial charge in [0.05, 0.1) is 12.2 Å². The molecule has 0 spiro atoms. The normalized spacial score (nSPS) is 16.6. The standard InChI is InChI=1S/C30H27N3O2S/c1-20-10-14-22(15-11-20)19-33-29(35)27(36-30(33)31-24-16-12-21(2)13-17-24)18-28(34)32-26-9-5-7-23-6-3-4-8-25(23)26/h3-17,27H,18-19H2,1-2H3,(H,32,34). The van der Waals surface area contributed by atoms with Gasteiger partial charge in [-0.1, -0.05) is 95.7 Å². The average Bonchev–Trinajstić information content (AvgIpc) is 3.15. The molecule has 5 rings (SSSR count). The zero-order valence-electron chi connectivity index (χ0n) is 20.3. The summed E-state index contributed by atoms with van der Waals surface area (Å²) < 4.78 is 0. The molecular weight excluding hydrogens is 466 g/mol. The summed E-state index contributed by atoms with van der Waals surface area (Å²) in [6.45, 7) is 4.48. The Kier molecular flexibility index (Phi) is 6.87. The Balaban J connectivity index is 1.37. The topological polar surface area (TPSA) is 61.8 Å². The molecule has 5 nitrogen and oxygen atoms in total. The second-order valence-corrected chi connectivity index (χ2v) is 10.2. The largest absolute Gasteiger partial charge is 0.325 e. The number of carbonyl (C=O) groups excluding carboxylic acids is 2. The van der Waals surface area contributed by atoms with Crippen LogP contribution in [0.3, 0.4) is 0 Å². The number of aliphatic imine (C=N–C) groups is 1. The van der Waals surface area contributed by atoms with E-state index >= 15 is 0 Å². The van der Waals surface area contributed by atoms with Crippen molar-refractivity contribution < 1.29 is 9.59 Å². The monoisotopic (exact) mass is 493 g/mol. The number of thioether (sulfide) groups is 1. The lowest BCUT2D eigenvalue weighted by molar-refractivity contribution is -0.128. The lowest BCUT2D eigenvalue weighted by atomic mass is 10.1. The van der Waals surface area contributed by atoms with E-state index in [2.05, 4.69) is 5.32 Å². The number of nitrogens with zero attached hydrogens (tertiary/aromatic N) is 2. The zero-order chi connectivity index (χ0) is 25.1. The molecule has 1 unspecified atom stereocenters. The molecule has 0 aromatic heterocycles. The Labute approximate surface area is 215 Å². The molecule has 1 aliphatic rings. The van der Waals surface area contributed by atoms with Gasteiger partial charge in [-0.3, -0.25) is 14.5 Å². The van der Waals surface area contributed by atoms with Gasteiger partial charge in [-0.15, -0.1) is 0 Å². The molecule has 0 saturated carbocycles. The SMILES string of the molecule is Cc1ccc(CN2C(=O)C(CC(=O)Nc3cccc4ccccc34)SC2=Nc2ccc(C)cc2)cc1. The highest BCUT2D eigenvalue weighted by molar-refractivity contribution is 8.15. The number of aryl methyl sites for hydroxylation is 2. The quantitative estimate of drug-likeness (QED) is 0.328. The molecule has 1 fully saturated rings. The predicted molar refractivity (Wildman–Crippen MR) is 149 cm³/mol. The molecule has 1 atom stereocenters. The highest BCUT2D eigenvalue weighted by Crippen LogP contribution is 2.33. The van der Waals surface area contributed by atoms with Crippen LogP contribution in [0, 0.1) is 13.8 Å². The van der Waals surface area contributed by atoms with Crippen LogP contribution in [0.25, 0.3) is 10.8 Å². The van der Waals surface area contributed by atoms with Gasteiger partial charge in [-0.05, 0) is 43.0 Å². The van der Waals surface area contributed by atoms with E-state index in [1.807, 2.05) is 105 Å². The van der Waals surface area contributed by atoms with E-state index in [1.165, 1.54) is 11.8 Å². The first-order valence-corrected chi connectivity index (χ1v) is 12.8. The Morgan fingerprint density at radius 2 is 1.56 bits per heavy atom. The molecule has 180 valence electrons. The number of benzene rings is 4. The molecule has 0 radical (unpaired) electrons. The minimum Gasteiger partial charge on any atom is -0.325 e.